The maximum atomic E-state index is 5.47. The van der Waals surface area contributed by atoms with Gasteiger partial charge in [-0.1, -0.05) is 35.9 Å². The summed E-state index contributed by atoms with van der Waals surface area (Å²) in [4.78, 5) is 1.35. The number of ether oxygens (including phenoxy) is 1. The van der Waals surface area contributed by atoms with Gasteiger partial charge in [0.2, 0.25) is 0 Å². The summed E-state index contributed by atoms with van der Waals surface area (Å²) in [6.07, 6.45) is 0. The molecule has 0 radical (unpaired) electrons. The van der Waals surface area contributed by atoms with Crippen LogP contribution in [-0.2, 0) is 0 Å². The van der Waals surface area contributed by atoms with Crippen molar-refractivity contribution in [3.63, 3.8) is 0 Å². The van der Waals surface area contributed by atoms with Gasteiger partial charge < -0.3 is 10.1 Å². The van der Waals surface area contributed by atoms with E-state index in [2.05, 4.69) is 49.5 Å². The Hall–Kier alpha value is -1.45. The molecule has 3 heteroatoms. The van der Waals surface area contributed by atoms with Crippen LogP contribution in [0.3, 0.4) is 0 Å². The molecule has 0 aliphatic carbocycles. The van der Waals surface area contributed by atoms with E-state index in [0.717, 1.165) is 11.5 Å². The number of thioether (sulfide) groups is 1. The third-order valence-corrected chi connectivity index (χ3v) is 4.86. The van der Waals surface area contributed by atoms with Crippen molar-refractivity contribution in [2.45, 2.75) is 24.8 Å². The molecule has 1 unspecified atom stereocenters. The molecule has 2 rings (SSSR count). The third kappa shape index (κ3) is 4.02. The van der Waals surface area contributed by atoms with Gasteiger partial charge in [0.25, 0.3) is 0 Å². The standard InChI is InChI=1S/C18H23NOS/c1-13-9-10-14(2)18(11-13)21-12-16(19-3)15-7-5-6-8-17(15)20-4/h5-11,16,19H,12H2,1-4H3. The maximum absolute atomic E-state index is 5.47. The van der Waals surface area contributed by atoms with Gasteiger partial charge in [-0.3, -0.25) is 0 Å². The molecule has 0 aromatic heterocycles. The Kier molecular flexibility index (Phi) is 5.71. The first-order valence-electron chi connectivity index (χ1n) is 7.16. The minimum atomic E-state index is 0.270. The molecule has 0 aliphatic heterocycles. The molecule has 0 fully saturated rings. The molecule has 1 N–H and O–H groups in total. The normalized spacial score (nSPS) is 12.2. The van der Waals surface area contributed by atoms with E-state index < -0.39 is 0 Å². The van der Waals surface area contributed by atoms with Crippen LogP contribution < -0.4 is 10.1 Å². The minimum absolute atomic E-state index is 0.270. The summed E-state index contributed by atoms with van der Waals surface area (Å²) in [5.74, 6) is 1.92. The number of hydrogen-bond donors (Lipinski definition) is 1. The van der Waals surface area contributed by atoms with Crippen molar-refractivity contribution in [2.24, 2.45) is 0 Å². The molecule has 0 bridgehead atoms. The lowest BCUT2D eigenvalue weighted by molar-refractivity contribution is 0.404. The first kappa shape index (κ1) is 15.9. The van der Waals surface area contributed by atoms with E-state index in [-0.39, 0.29) is 6.04 Å². The number of para-hydroxylation sites is 1. The summed E-state index contributed by atoms with van der Waals surface area (Å²) in [5, 5.41) is 3.40. The van der Waals surface area contributed by atoms with Gasteiger partial charge in [-0.15, -0.1) is 11.8 Å². The Labute approximate surface area is 131 Å². The van der Waals surface area contributed by atoms with Gasteiger partial charge in [-0.25, -0.2) is 0 Å². The SMILES string of the molecule is CNC(CSc1cc(C)ccc1C)c1ccccc1OC. The van der Waals surface area contributed by atoms with Gasteiger partial charge in [-0.05, 0) is 38.6 Å². The number of aryl methyl sites for hydroxylation is 2. The summed E-state index contributed by atoms with van der Waals surface area (Å²) in [5.41, 5.74) is 3.85. The van der Waals surface area contributed by atoms with E-state index in [9.17, 15) is 0 Å². The quantitative estimate of drug-likeness (QED) is 0.801. The molecule has 0 saturated carbocycles. The second-order valence-electron chi connectivity index (χ2n) is 5.16. The zero-order valence-electron chi connectivity index (χ0n) is 13.1. The van der Waals surface area contributed by atoms with Crippen molar-refractivity contribution >= 4 is 11.8 Å². The van der Waals surface area contributed by atoms with Gasteiger partial charge in [-0.2, -0.15) is 0 Å². The zero-order valence-corrected chi connectivity index (χ0v) is 14.0. The minimum Gasteiger partial charge on any atom is -0.496 e. The van der Waals surface area contributed by atoms with Crippen molar-refractivity contribution < 1.29 is 4.74 Å². The summed E-state index contributed by atoms with van der Waals surface area (Å²) < 4.78 is 5.47. The Morgan fingerprint density at radius 1 is 1.14 bits per heavy atom. The van der Waals surface area contributed by atoms with Crippen LogP contribution in [0.25, 0.3) is 0 Å². The number of nitrogens with one attached hydrogen (secondary N) is 1. The Morgan fingerprint density at radius 3 is 2.62 bits per heavy atom. The molecule has 2 aromatic rings. The molecule has 0 spiro atoms. The summed E-state index contributed by atoms with van der Waals surface area (Å²) in [6.45, 7) is 4.30. The van der Waals surface area contributed by atoms with Crippen molar-refractivity contribution in [1.82, 2.24) is 5.32 Å². The molecule has 2 aromatic carbocycles. The van der Waals surface area contributed by atoms with E-state index >= 15 is 0 Å². The predicted octanol–water partition coefficient (Wildman–Crippen LogP) is 4.36. The number of benzene rings is 2. The Bertz CT molecular complexity index is 598. The van der Waals surface area contributed by atoms with Crippen LogP contribution in [0.4, 0.5) is 0 Å². The fourth-order valence-corrected chi connectivity index (χ4v) is 3.58. The topological polar surface area (TPSA) is 21.3 Å². The largest absolute Gasteiger partial charge is 0.496 e. The predicted molar refractivity (Wildman–Crippen MR) is 91.4 cm³/mol. The highest BCUT2D eigenvalue weighted by atomic mass is 32.2. The first-order valence-corrected chi connectivity index (χ1v) is 8.14. The van der Waals surface area contributed by atoms with E-state index in [1.54, 1.807) is 7.11 Å². The fraction of sp³-hybridized carbons (Fsp3) is 0.333. The smallest absolute Gasteiger partial charge is 0.123 e. The first-order chi connectivity index (χ1) is 10.2. The molecule has 2 nitrogen and oxygen atoms in total. The molecule has 112 valence electrons. The number of rotatable bonds is 6. The Balaban J connectivity index is 2.14. The van der Waals surface area contributed by atoms with Crippen molar-refractivity contribution in [3.05, 3.63) is 59.2 Å². The molecule has 0 saturated heterocycles. The fourth-order valence-electron chi connectivity index (χ4n) is 2.32. The van der Waals surface area contributed by atoms with Gasteiger partial charge >= 0.3 is 0 Å². The second kappa shape index (κ2) is 7.53. The average Bonchev–Trinajstić information content (AvgIpc) is 2.51. The van der Waals surface area contributed by atoms with E-state index in [1.165, 1.54) is 21.6 Å². The van der Waals surface area contributed by atoms with Crippen LogP contribution in [0, 0.1) is 13.8 Å². The van der Waals surface area contributed by atoms with E-state index in [4.69, 9.17) is 4.74 Å². The number of hydrogen-bond acceptors (Lipinski definition) is 3. The molecule has 1 atom stereocenters. The summed E-state index contributed by atoms with van der Waals surface area (Å²) >= 11 is 1.89. The van der Waals surface area contributed by atoms with Crippen LogP contribution in [0.5, 0.6) is 5.75 Å². The van der Waals surface area contributed by atoms with Crippen molar-refractivity contribution in [2.75, 3.05) is 19.9 Å². The van der Waals surface area contributed by atoms with Gasteiger partial charge in [0.1, 0.15) is 5.75 Å². The lowest BCUT2D eigenvalue weighted by Crippen LogP contribution is -2.19. The molecule has 0 heterocycles. The lowest BCUT2D eigenvalue weighted by Gasteiger charge is -2.19. The maximum Gasteiger partial charge on any atom is 0.123 e. The van der Waals surface area contributed by atoms with Crippen molar-refractivity contribution in [1.29, 1.82) is 0 Å². The summed E-state index contributed by atoms with van der Waals surface area (Å²) in [6, 6.07) is 15.1. The lowest BCUT2D eigenvalue weighted by atomic mass is 10.1. The number of methoxy groups -OCH3 is 1. The van der Waals surface area contributed by atoms with Crippen LogP contribution >= 0.6 is 11.8 Å². The molecular weight excluding hydrogens is 278 g/mol. The zero-order chi connectivity index (χ0) is 15.2. The highest BCUT2D eigenvalue weighted by molar-refractivity contribution is 7.99. The van der Waals surface area contributed by atoms with Gasteiger partial charge in [0.05, 0.1) is 7.11 Å². The van der Waals surface area contributed by atoms with Crippen molar-refractivity contribution in [3.8, 4) is 5.75 Å². The molecule has 0 amide bonds. The summed E-state index contributed by atoms with van der Waals surface area (Å²) in [7, 11) is 3.73. The second-order valence-corrected chi connectivity index (χ2v) is 6.23. The van der Waals surface area contributed by atoms with Crippen LogP contribution in [-0.4, -0.2) is 19.9 Å². The van der Waals surface area contributed by atoms with E-state index in [1.807, 2.05) is 30.9 Å². The van der Waals surface area contributed by atoms with Gasteiger partial charge in [0, 0.05) is 22.3 Å². The average molecular weight is 301 g/mol. The molecule has 0 aliphatic rings. The molecule has 21 heavy (non-hydrogen) atoms. The Morgan fingerprint density at radius 2 is 1.90 bits per heavy atom. The highest BCUT2D eigenvalue weighted by Gasteiger charge is 2.14. The molecular formula is C18H23NOS. The van der Waals surface area contributed by atoms with Crippen LogP contribution in [0.15, 0.2) is 47.4 Å². The van der Waals surface area contributed by atoms with Crippen LogP contribution in [0.2, 0.25) is 0 Å². The van der Waals surface area contributed by atoms with Crippen LogP contribution in [0.1, 0.15) is 22.7 Å². The van der Waals surface area contributed by atoms with Gasteiger partial charge in [0.15, 0.2) is 0 Å². The third-order valence-electron chi connectivity index (χ3n) is 3.61. The highest BCUT2D eigenvalue weighted by Crippen LogP contribution is 2.31. The monoisotopic (exact) mass is 301 g/mol. The van der Waals surface area contributed by atoms with E-state index in [0.29, 0.717) is 0 Å².